The molecule has 0 saturated carbocycles. The van der Waals surface area contributed by atoms with Gasteiger partial charge in [-0.15, -0.1) is 0 Å². The van der Waals surface area contributed by atoms with Crippen molar-refractivity contribution >= 4 is 13.2 Å². The fourth-order valence-electron chi connectivity index (χ4n) is 0.683. The third-order valence-corrected chi connectivity index (χ3v) is 1.19. The number of ether oxygens (including phenoxy) is 1. The second-order valence-corrected chi connectivity index (χ2v) is 1.75. The first-order valence-electron chi connectivity index (χ1n) is 2.94. The Labute approximate surface area is 59.8 Å². The van der Waals surface area contributed by atoms with Crippen LogP contribution in [0.25, 0.3) is 0 Å². The normalized spacial score (nSPS) is 17.0. The predicted octanol–water partition coefficient (Wildman–Crippen LogP) is -0.799. The van der Waals surface area contributed by atoms with Crippen LogP contribution in [0.5, 0.6) is 0 Å². The maximum absolute atomic E-state index is 10.0. The third-order valence-electron chi connectivity index (χ3n) is 1.19. The summed E-state index contributed by atoms with van der Waals surface area (Å²) < 4.78 is 5.00. The number of carbonyl (C=O) groups excluding carboxylic acids is 2. The highest BCUT2D eigenvalue weighted by atomic mass is 16.5. The molecular weight excluding hydrogens is 134 g/mol. The van der Waals surface area contributed by atoms with Crippen LogP contribution in [-0.2, 0) is 14.3 Å². The first-order valence-corrected chi connectivity index (χ1v) is 2.94. The smallest absolute Gasteiger partial charge is 0.209 e. The van der Waals surface area contributed by atoms with Crippen LogP contribution in [0.15, 0.2) is 0 Å². The van der Waals surface area contributed by atoms with Crippen molar-refractivity contribution in [2.75, 3.05) is 26.3 Å². The second kappa shape index (κ2) is 6.22. The van der Waals surface area contributed by atoms with Crippen molar-refractivity contribution in [3.63, 3.8) is 0 Å². The molecule has 0 bridgehead atoms. The van der Waals surface area contributed by atoms with E-state index < -0.39 is 0 Å². The first-order chi connectivity index (χ1) is 4.93. The van der Waals surface area contributed by atoms with Crippen LogP contribution in [0.1, 0.15) is 0 Å². The van der Waals surface area contributed by atoms with E-state index in [2.05, 4.69) is 6.79 Å². The second-order valence-electron chi connectivity index (χ2n) is 1.75. The van der Waals surface area contributed by atoms with Gasteiger partial charge < -0.3 is 9.64 Å². The van der Waals surface area contributed by atoms with E-state index in [1.807, 2.05) is 0 Å². The quantitative estimate of drug-likeness (QED) is 0.453. The van der Waals surface area contributed by atoms with Crippen molar-refractivity contribution in [3.8, 4) is 0 Å². The van der Waals surface area contributed by atoms with Crippen molar-refractivity contribution in [2.45, 2.75) is 0 Å². The average molecular weight is 144 g/mol. The van der Waals surface area contributed by atoms with Gasteiger partial charge in [0.15, 0.2) is 6.79 Å². The predicted molar refractivity (Wildman–Crippen MR) is 35.2 cm³/mol. The molecule has 0 aliphatic carbocycles. The molecule has 0 atom stereocenters. The van der Waals surface area contributed by atoms with Crippen molar-refractivity contribution in [1.29, 1.82) is 0 Å². The summed E-state index contributed by atoms with van der Waals surface area (Å²) in [5, 5.41) is 0. The van der Waals surface area contributed by atoms with E-state index in [9.17, 15) is 4.79 Å². The van der Waals surface area contributed by atoms with Crippen LogP contribution in [0.3, 0.4) is 0 Å². The highest BCUT2D eigenvalue weighted by Gasteiger charge is 2.05. The van der Waals surface area contributed by atoms with Gasteiger partial charge in [0.1, 0.15) is 0 Å². The summed E-state index contributed by atoms with van der Waals surface area (Å²) in [6.07, 6.45) is 0.864. The molecule has 1 rings (SSSR count). The van der Waals surface area contributed by atoms with Crippen molar-refractivity contribution in [1.82, 2.24) is 4.90 Å². The molecule has 0 spiro atoms. The summed E-state index contributed by atoms with van der Waals surface area (Å²) in [5.74, 6) is 0. The van der Waals surface area contributed by atoms with E-state index in [4.69, 9.17) is 9.53 Å². The summed E-state index contributed by atoms with van der Waals surface area (Å²) in [6.45, 7) is 6.14. The Morgan fingerprint density at radius 3 is 2.10 bits per heavy atom. The summed E-state index contributed by atoms with van der Waals surface area (Å²) in [6, 6.07) is 0. The summed E-state index contributed by atoms with van der Waals surface area (Å²) in [7, 11) is 0. The number of carbonyl (C=O) groups is 1. The monoisotopic (exact) mass is 144 g/mol. The lowest BCUT2D eigenvalue weighted by molar-refractivity contribution is -0.121. The molecule has 57 valence electrons. The molecule has 0 N–H and O–H groups in total. The molecule has 0 aromatic heterocycles. The Kier molecular flexibility index (Phi) is 5.66. The standard InChI is InChI=1S/C5H9NO2.CHO/c7-5-6-1-3-8-4-2-6;1-2/h5H,1-4H2;1H. The van der Waals surface area contributed by atoms with Gasteiger partial charge in [0.25, 0.3) is 0 Å². The van der Waals surface area contributed by atoms with Gasteiger partial charge in [0, 0.05) is 13.1 Å². The number of rotatable bonds is 1. The molecule has 1 fully saturated rings. The van der Waals surface area contributed by atoms with E-state index in [0.29, 0.717) is 13.2 Å². The molecule has 1 amide bonds. The number of nitrogens with zero attached hydrogens (tertiary/aromatic N) is 1. The van der Waals surface area contributed by atoms with Crippen molar-refractivity contribution in [2.24, 2.45) is 0 Å². The highest BCUT2D eigenvalue weighted by Crippen LogP contribution is 1.90. The van der Waals surface area contributed by atoms with E-state index >= 15 is 0 Å². The molecule has 0 aromatic carbocycles. The molecule has 4 nitrogen and oxygen atoms in total. The Hall–Kier alpha value is -0.900. The molecular formula is C6H10NO3. The molecule has 1 saturated heterocycles. The van der Waals surface area contributed by atoms with Crippen LogP contribution < -0.4 is 0 Å². The molecule has 10 heavy (non-hydrogen) atoms. The van der Waals surface area contributed by atoms with Gasteiger partial charge in [0.2, 0.25) is 6.41 Å². The minimum Gasteiger partial charge on any atom is -0.378 e. The van der Waals surface area contributed by atoms with Crippen LogP contribution in [0.2, 0.25) is 0 Å². The van der Waals surface area contributed by atoms with E-state index in [1.54, 1.807) is 4.90 Å². The van der Waals surface area contributed by atoms with Gasteiger partial charge in [-0.1, -0.05) is 0 Å². The summed E-state index contributed by atoms with van der Waals surface area (Å²) in [4.78, 5) is 19.5. The molecule has 1 aliphatic rings. The van der Waals surface area contributed by atoms with Gasteiger partial charge in [-0.3, -0.25) is 9.59 Å². The molecule has 4 heteroatoms. The topological polar surface area (TPSA) is 46.6 Å². The van der Waals surface area contributed by atoms with Gasteiger partial charge in [-0.05, 0) is 0 Å². The Bertz CT molecular complexity index is 91.0. The Morgan fingerprint density at radius 2 is 1.80 bits per heavy atom. The van der Waals surface area contributed by atoms with E-state index in [0.717, 1.165) is 19.5 Å². The van der Waals surface area contributed by atoms with Gasteiger partial charge >= 0.3 is 0 Å². The lowest BCUT2D eigenvalue weighted by Crippen LogP contribution is -2.34. The van der Waals surface area contributed by atoms with Crippen LogP contribution in [-0.4, -0.2) is 44.4 Å². The lowest BCUT2D eigenvalue weighted by Gasteiger charge is -2.21. The lowest BCUT2D eigenvalue weighted by atomic mass is 10.5. The number of hydrogen-bond acceptors (Lipinski definition) is 3. The molecule has 0 unspecified atom stereocenters. The first kappa shape index (κ1) is 9.10. The van der Waals surface area contributed by atoms with E-state index in [-0.39, 0.29) is 0 Å². The minimum atomic E-state index is 0.693. The number of morpholine rings is 1. The van der Waals surface area contributed by atoms with Gasteiger partial charge in [-0.2, -0.15) is 0 Å². The zero-order valence-corrected chi connectivity index (χ0v) is 5.66. The molecule has 1 radical (unpaired) electrons. The van der Waals surface area contributed by atoms with Crippen molar-refractivity contribution in [3.05, 3.63) is 0 Å². The molecule has 1 aliphatic heterocycles. The third kappa shape index (κ3) is 3.19. The van der Waals surface area contributed by atoms with Crippen LogP contribution >= 0.6 is 0 Å². The number of hydrogen-bond donors (Lipinski definition) is 0. The van der Waals surface area contributed by atoms with Crippen LogP contribution in [0, 0.1) is 0 Å². The van der Waals surface area contributed by atoms with Crippen LogP contribution in [0.4, 0.5) is 0 Å². The zero-order chi connectivity index (χ0) is 7.82. The average Bonchev–Trinajstić information content (AvgIpc) is 2.10. The number of amides is 1. The van der Waals surface area contributed by atoms with Gasteiger partial charge in [0.05, 0.1) is 13.2 Å². The fourth-order valence-corrected chi connectivity index (χ4v) is 0.683. The minimum absolute atomic E-state index is 0.693. The zero-order valence-electron chi connectivity index (χ0n) is 5.66. The largest absolute Gasteiger partial charge is 0.378 e. The van der Waals surface area contributed by atoms with Crippen molar-refractivity contribution < 1.29 is 14.3 Å². The Morgan fingerprint density at radius 1 is 1.30 bits per heavy atom. The molecule has 0 aromatic rings. The Balaban J connectivity index is 0.000000371. The maximum Gasteiger partial charge on any atom is 0.209 e. The molecule has 1 heterocycles. The summed E-state index contributed by atoms with van der Waals surface area (Å²) in [5.41, 5.74) is 0. The van der Waals surface area contributed by atoms with Gasteiger partial charge in [-0.25, -0.2) is 0 Å². The summed E-state index contributed by atoms with van der Waals surface area (Å²) >= 11 is 0. The maximum atomic E-state index is 10.0. The SMILES string of the molecule is O=CN1CCOCC1.[CH]=O. The van der Waals surface area contributed by atoms with E-state index in [1.165, 1.54) is 0 Å². The highest BCUT2D eigenvalue weighted by molar-refractivity contribution is 5.46. The fraction of sp³-hybridized carbons (Fsp3) is 0.667.